The Kier molecular flexibility index (Phi) is 5.43. The molecule has 2 aromatic rings. The maximum absolute atomic E-state index is 13.0. The molecule has 3 rings (SSSR count). The molecule has 0 bridgehead atoms. The summed E-state index contributed by atoms with van der Waals surface area (Å²) in [6, 6.07) is 7.67. The quantitative estimate of drug-likeness (QED) is 0.801. The van der Waals surface area contributed by atoms with Crippen molar-refractivity contribution in [1.29, 1.82) is 0 Å². The van der Waals surface area contributed by atoms with Crippen LogP contribution in [0, 0.1) is 6.92 Å². The van der Waals surface area contributed by atoms with Gasteiger partial charge < -0.3 is 9.80 Å². The number of rotatable bonds is 4. The standard InChI is InChI=1S/C20H26N4O.H2/c1-4-16-13-17(15(2)21-14-16)20(25)18-7-5-8-19(22-18)24-10-6-9-23(3)11-12-24;/h5,7-8,13-14H,4,6,9-12H2,1-3H3;1H. The van der Waals surface area contributed by atoms with Crippen LogP contribution < -0.4 is 4.90 Å². The maximum atomic E-state index is 13.0. The Morgan fingerprint density at radius 2 is 2.08 bits per heavy atom. The summed E-state index contributed by atoms with van der Waals surface area (Å²) < 4.78 is 0. The zero-order valence-corrected chi connectivity index (χ0v) is 15.3. The van der Waals surface area contributed by atoms with Gasteiger partial charge in [-0.3, -0.25) is 9.78 Å². The van der Waals surface area contributed by atoms with Gasteiger partial charge in [-0.15, -0.1) is 0 Å². The van der Waals surface area contributed by atoms with Gasteiger partial charge in [0, 0.05) is 38.5 Å². The van der Waals surface area contributed by atoms with Crippen molar-refractivity contribution in [2.24, 2.45) is 0 Å². The first-order valence-electron chi connectivity index (χ1n) is 8.99. The highest BCUT2D eigenvalue weighted by molar-refractivity contribution is 6.08. The highest BCUT2D eigenvalue weighted by atomic mass is 16.1. The first kappa shape index (κ1) is 17.5. The van der Waals surface area contributed by atoms with Gasteiger partial charge in [0.15, 0.2) is 0 Å². The van der Waals surface area contributed by atoms with Crippen molar-refractivity contribution in [3.05, 3.63) is 53.0 Å². The largest absolute Gasteiger partial charge is 0.355 e. The van der Waals surface area contributed by atoms with Crippen LogP contribution in [0.15, 0.2) is 30.5 Å². The van der Waals surface area contributed by atoms with E-state index in [1.165, 1.54) is 0 Å². The molecule has 1 fully saturated rings. The fourth-order valence-corrected chi connectivity index (χ4v) is 3.14. The highest BCUT2D eigenvalue weighted by Gasteiger charge is 2.18. The summed E-state index contributed by atoms with van der Waals surface area (Å²) in [4.78, 5) is 26.6. The molecule has 0 aliphatic carbocycles. The molecule has 0 spiro atoms. The number of aromatic nitrogens is 2. The highest BCUT2D eigenvalue weighted by Crippen LogP contribution is 2.18. The maximum Gasteiger partial charge on any atom is 0.213 e. The molecular formula is C20H28N4O. The number of carbonyl (C=O) groups is 1. The fourth-order valence-electron chi connectivity index (χ4n) is 3.14. The van der Waals surface area contributed by atoms with E-state index in [-0.39, 0.29) is 7.21 Å². The SMILES string of the molecule is CCc1cnc(C)c(C(=O)c2cccc(N3CCCN(C)CC3)n2)c1.[HH]. The minimum Gasteiger partial charge on any atom is -0.355 e. The Hall–Kier alpha value is -2.27. The second-order valence-corrected chi connectivity index (χ2v) is 6.68. The van der Waals surface area contributed by atoms with Gasteiger partial charge in [-0.1, -0.05) is 13.0 Å². The summed E-state index contributed by atoms with van der Waals surface area (Å²) in [7, 11) is 2.15. The minimum atomic E-state index is -0.0471. The van der Waals surface area contributed by atoms with Crippen molar-refractivity contribution >= 4 is 11.6 Å². The van der Waals surface area contributed by atoms with Crippen molar-refractivity contribution in [2.75, 3.05) is 38.1 Å². The van der Waals surface area contributed by atoms with E-state index in [4.69, 9.17) is 0 Å². The predicted molar refractivity (Wildman–Crippen MR) is 102 cm³/mol. The Morgan fingerprint density at radius 3 is 2.88 bits per heavy atom. The molecule has 5 heteroatoms. The van der Waals surface area contributed by atoms with E-state index < -0.39 is 0 Å². The van der Waals surface area contributed by atoms with Crippen molar-refractivity contribution < 1.29 is 6.22 Å². The van der Waals surface area contributed by atoms with Gasteiger partial charge >= 0.3 is 0 Å². The van der Waals surface area contributed by atoms with Crippen LogP contribution in [0.4, 0.5) is 5.82 Å². The third-order valence-electron chi connectivity index (χ3n) is 4.81. The Balaban J connectivity index is 0.00000243. The molecule has 0 saturated carbocycles. The van der Waals surface area contributed by atoms with E-state index in [0.717, 1.165) is 56.1 Å². The number of hydrogen-bond acceptors (Lipinski definition) is 5. The summed E-state index contributed by atoms with van der Waals surface area (Å²) in [5.74, 6) is 0.840. The van der Waals surface area contributed by atoms with Gasteiger partial charge in [-0.25, -0.2) is 4.98 Å². The van der Waals surface area contributed by atoms with E-state index in [9.17, 15) is 4.79 Å². The van der Waals surface area contributed by atoms with Gasteiger partial charge in [0.25, 0.3) is 0 Å². The molecule has 3 heterocycles. The fraction of sp³-hybridized carbons (Fsp3) is 0.450. The zero-order valence-electron chi connectivity index (χ0n) is 15.3. The summed E-state index contributed by atoms with van der Waals surface area (Å²) in [6.45, 7) is 7.97. The van der Waals surface area contributed by atoms with Crippen LogP contribution in [0.25, 0.3) is 0 Å². The molecule has 1 saturated heterocycles. The molecule has 25 heavy (non-hydrogen) atoms. The third-order valence-corrected chi connectivity index (χ3v) is 4.81. The Bertz CT molecular complexity index is 765. The second kappa shape index (κ2) is 7.74. The number of pyridine rings is 2. The van der Waals surface area contributed by atoms with E-state index in [0.29, 0.717) is 11.3 Å². The van der Waals surface area contributed by atoms with E-state index in [2.05, 4.69) is 33.7 Å². The number of likely N-dealkylation sites (N-methyl/N-ethyl adjacent to an activating group) is 1. The lowest BCUT2D eigenvalue weighted by molar-refractivity contribution is 0.103. The van der Waals surface area contributed by atoms with Crippen molar-refractivity contribution in [2.45, 2.75) is 26.7 Å². The van der Waals surface area contributed by atoms with Crippen molar-refractivity contribution in [3.8, 4) is 0 Å². The van der Waals surface area contributed by atoms with Gasteiger partial charge in [0.05, 0.1) is 0 Å². The summed E-state index contributed by atoms with van der Waals surface area (Å²) in [5.41, 5.74) is 2.97. The number of carbonyl (C=O) groups excluding carboxylic acids is 1. The molecule has 0 N–H and O–H groups in total. The number of anilines is 1. The van der Waals surface area contributed by atoms with Gasteiger partial charge in [0.1, 0.15) is 11.5 Å². The van der Waals surface area contributed by atoms with Crippen LogP contribution in [-0.2, 0) is 6.42 Å². The van der Waals surface area contributed by atoms with Crippen molar-refractivity contribution in [3.63, 3.8) is 0 Å². The average Bonchev–Trinajstić information content (AvgIpc) is 2.86. The molecule has 1 aliphatic rings. The third kappa shape index (κ3) is 4.04. The van der Waals surface area contributed by atoms with E-state index >= 15 is 0 Å². The summed E-state index contributed by atoms with van der Waals surface area (Å²) in [5, 5.41) is 0. The van der Waals surface area contributed by atoms with Gasteiger partial charge in [-0.2, -0.15) is 0 Å². The molecule has 2 aromatic heterocycles. The number of aryl methyl sites for hydroxylation is 2. The van der Waals surface area contributed by atoms with Crippen LogP contribution in [0.3, 0.4) is 0 Å². The van der Waals surface area contributed by atoms with Crippen LogP contribution in [-0.4, -0.2) is 53.9 Å². The van der Waals surface area contributed by atoms with Crippen LogP contribution >= 0.6 is 0 Å². The Morgan fingerprint density at radius 1 is 1.24 bits per heavy atom. The van der Waals surface area contributed by atoms with E-state index in [1.54, 1.807) is 6.07 Å². The topological polar surface area (TPSA) is 49.3 Å². The summed E-state index contributed by atoms with van der Waals surface area (Å²) >= 11 is 0. The van der Waals surface area contributed by atoms with E-state index in [1.807, 2.05) is 31.3 Å². The lowest BCUT2D eigenvalue weighted by atomic mass is 10.0. The zero-order chi connectivity index (χ0) is 17.8. The number of hydrogen-bond donors (Lipinski definition) is 0. The molecule has 0 amide bonds. The Labute approximate surface area is 151 Å². The molecule has 0 aromatic carbocycles. The monoisotopic (exact) mass is 340 g/mol. The van der Waals surface area contributed by atoms with Crippen LogP contribution in [0.5, 0.6) is 0 Å². The lowest BCUT2D eigenvalue weighted by Gasteiger charge is -2.22. The first-order valence-corrected chi connectivity index (χ1v) is 8.99. The molecule has 0 unspecified atom stereocenters. The molecule has 0 radical (unpaired) electrons. The minimum absolute atomic E-state index is 0. The van der Waals surface area contributed by atoms with Crippen molar-refractivity contribution in [1.82, 2.24) is 14.9 Å². The summed E-state index contributed by atoms with van der Waals surface area (Å²) in [6.07, 6.45) is 3.81. The average molecular weight is 340 g/mol. The molecule has 134 valence electrons. The van der Waals surface area contributed by atoms with Gasteiger partial charge in [-0.05, 0) is 57.1 Å². The number of ketones is 1. The second-order valence-electron chi connectivity index (χ2n) is 6.68. The normalized spacial score (nSPS) is 15.9. The molecule has 0 atom stereocenters. The smallest absolute Gasteiger partial charge is 0.213 e. The van der Waals surface area contributed by atoms with Gasteiger partial charge in [0.2, 0.25) is 5.78 Å². The predicted octanol–water partition coefficient (Wildman–Crippen LogP) is 2.97. The molecular weight excluding hydrogens is 312 g/mol. The van der Waals surface area contributed by atoms with Crippen LogP contribution in [0.2, 0.25) is 0 Å². The molecule has 5 nitrogen and oxygen atoms in total. The lowest BCUT2D eigenvalue weighted by Crippen LogP contribution is -2.29. The molecule has 1 aliphatic heterocycles. The number of nitrogens with zero attached hydrogens (tertiary/aromatic N) is 4. The first-order chi connectivity index (χ1) is 12.1. The van der Waals surface area contributed by atoms with Crippen LogP contribution in [0.1, 0.15) is 42.1 Å².